The second-order valence-corrected chi connectivity index (χ2v) is 4.81. The number of hydrogen-bond donors (Lipinski definition) is 0. The smallest absolute Gasteiger partial charge is 0.203 e. The minimum atomic E-state index is -0.219. The summed E-state index contributed by atoms with van der Waals surface area (Å²) in [6.45, 7) is 1.87. The van der Waals surface area contributed by atoms with E-state index in [9.17, 15) is 4.79 Å². The van der Waals surface area contributed by atoms with Crippen LogP contribution in [0.3, 0.4) is 0 Å². The van der Waals surface area contributed by atoms with Gasteiger partial charge in [0.05, 0.1) is 0 Å². The zero-order valence-electron chi connectivity index (χ0n) is 9.88. The van der Waals surface area contributed by atoms with Crippen molar-refractivity contribution < 1.29 is 4.79 Å². The molecular weight excluding hydrogens is 242 g/mol. The number of benzene rings is 1. The van der Waals surface area contributed by atoms with Crippen LogP contribution in [-0.4, -0.2) is 5.78 Å². The van der Waals surface area contributed by atoms with Gasteiger partial charge in [-0.15, -0.1) is 11.3 Å². The van der Waals surface area contributed by atoms with Gasteiger partial charge in [0.2, 0.25) is 5.78 Å². The van der Waals surface area contributed by atoms with Gasteiger partial charge >= 0.3 is 0 Å². The summed E-state index contributed by atoms with van der Waals surface area (Å²) in [5, 5.41) is 11.0. The first-order valence-corrected chi connectivity index (χ1v) is 6.36. The Balaban J connectivity index is 2.39. The van der Waals surface area contributed by atoms with Gasteiger partial charge < -0.3 is 0 Å². The second kappa shape index (κ2) is 5.44. The van der Waals surface area contributed by atoms with E-state index in [1.54, 1.807) is 18.2 Å². The number of hydrogen-bond acceptors (Lipinski definition) is 3. The van der Waals surface area contributed by atoms with Crippen LogP contribution in [0.15, 0.2) is 47.4 Å². The number of nitriles is 1. The van der Waals surface area contributed by atoms with Gasteiger partial charge in [0, 0.05) is 10.4 Å². The number of carbonyl (C=O) groups is 1. The molecule has 1 aromatic carbocycles. The van der Waals surface area contributed by atoms with E-state index in [1.165, 1.54) is 11.3 Å². The Bertz CT molecular complexity index is 633. The molecule has 0 saturated heterocycles. The predicted molar refractivity (Wildman–Crippen MR) is 73.4 cm³/mol. The standard InChI is InChI=1S/C15H11NOS/c1-11-5-2-3-7-14(11)15(17)12(10-16)9-13-6-4-8-18-13/h2-9H,1H3/b12-9+. The molecule has 18 heavy (non-hydrogen) atoms. The summed E-state index contributed by atoms with van der Waals surface area (Å²) in [4.78, 5) is 13.1. The SMILES string of the molecule is Cc1ccccc1C(=O)/C(C#N)=C/c1cccs1. The average molecular weight is 253 g/mol. The number of aryl methyl sites for hydroxylation is 1. The molecule has 0 atom stereocenters. The molecule has 2 rings (SSSR count). The summed E-state index contributed by atoms with van der Waals surface area (Å²) in [6.07, 6.45) is 1.64. The Morgan fingerprint density at radius 1 is 1.28 bits per heavy atom. The van der Waals surface area contributed by atoms with Crippen LogP contribution >= 0.6 is 11.3 Å². The molecule has 0 aliphatic carbocycles. The van der Waals surface area contributed by atoms with Gasteiger partial charge in [0.25, 0.3) is 0 Å². The molecule has 0 amide bonds. The molecule has 0 aliphatic rings. The lowest BCUT2D eigenvalue weighted by Crippen LogP contribution is -2.03. The normalized spacial score (nSPS) is 11.0. The van der Waals surface area contributed by atoms with Crippen LogP contribution in [0.5, 0.6) is 0 Å². The summed E-state index contributed by atoms with van der Waals surface area (Å²) in [5.41, 5.74) is 1.64. The number of rotatable bonds is 3. The van der Waals surface area contributed by atoms with Gasteiger partial charge in [0.1, 0.15) is 11.6 Å². The zero-order valence-corrected chi connectivity index (χ0v) is 10.7. The quantitative estimate of drug-likeness (QED) is 0.473. The van der Waals surface area contributed by atoms with Gasteiger partial charge in [-0.3, -0.25) is 4.79 Å². The van der Waals surface area contributed by atoms with Crippen molar-refractivity contribution in [3.63, 3.8) is 0 Å². The molecule has 2 nitrogen and oxygen atoms in total. The fraction of sp³-hybridized carbons (Fsp3) is 0.0667. The van der Waals surface area contributed by atoms with Crippen molar-refractivity contribution in [2.24, 2.45) is 0 Å². The number of carbonyl (C=O) groups excluding carboxylic acids is 1. The molecule has 1 heterocycles. The summed E-state index contributed by atoms with van der Waals surface area (Å²) in [6, 6.07) is 13.1. The molecule has 1 aromatic heterocycles. The van der Waals surface area contributed by atoms with Gasteiger partial charge in [-0.25, -0.2) is 0 Å². The van der Waals surface area contributed by atoms with Crippen LogP contribution in [0, 0.1) is 18.3 Å². The van der Waals surface area contributed by atoms with Crippen LogP contribution in [0.1, 0.15) is 20.8 Å². The summed E-state index contributed by atoms with van der Waals surface area (Å²) in [7, 11) is 0. The van der Waals surface area contributed by atoms with E-state index in [0.717, 1.165) is 10.4 Å². The highest BCUT2D eigenvalue weighted by molar-refractivity contribution is 7.10. The molecular formula is C15H11NOS. The first-order valence-electron chi connectivity index (χ1n) is 5.48. The van der Waals surface area contributed by atoms with Crippen molar-refractivity contribution in [3.05, 3.63) is 63.4 Å². The largest absolute Gasteiger partial charge is 0.288 e. The molecule has 0 fully saturated rings. The number of ketones is 1. The van der Waals surface area contributed by atoms with E-state index in [0.29, 0.717) is 5.56 Å². The van der Waals surface area contributed by atoms with Crippen molar-refractivity contribution in [2.75, 3.05) is 0 Å². The van der Waals surface area contributed by atoms with E-state index in [-0.39, 0.29) is 11.4 Å². The maximum Gasteiger partial charge on any atom is 0.203 e. The molecule has 0 unspecified atom stereocenters. The molecule has 3 heteroatoms. The van der Waals surface area contributed by atoms with E-state index < -0.39 is 0 Å². The van der Waals surface area contributed by atoms with Crippen molar-refractivity contribution in [2.45, 2.75) is 6.92 Å². The molecule has 0 spiro atoms. The predicted octanol–water partition coefficient (Wildman–Crippen LogP) is 3.85. The van der Waals surface area contributed by atoms with E-state index in [1.807, 2.05) is 42.6 Å². The third-order valence-electron chi connectivity index (χ3n) is 2.58. The van der Waals surface area contributed by atoms with Gasteiger partial charge in [0.15, 0.2) is 0 Å². The highest BCUT2D eigenvalue weighted by Crippen LogP contribution is 2.18. The van der Waals surface area contributed by atoms with Crippen molar-refractivity contribution in [3.8, 4) is 6.07 Å². The first-order chi connectivity index (χ1) is 8.72. The maximum atomic E-state index is 12.2. The fourth-order valence-electron chi connectivity index (χ4n) is 1.64. The van der Waals surface area contributed by atoms with Gasteiger partial charge in [-0.05, 0) is 30.0 Å². The van der Waals surface area contributed by atoms with Crippen LogP contribution in [0.2, 0.25) is 0 Å². The molecule has 0 radical (unpaired) electrons. The number of Topliss-reactive ketones (excluding diaryl/α,β-unsaturated/α-hetero) is 1. The highest BCUT2D eigenvalue weighted by Gasteiger charge is 2.13. The average Bonchev–Trinajstić information content (AvgIpc) is 2.88. The minimum absolute atomic E-state index is 0.173. The highest BCUT2D eigenvalue weighted by atomic mass is 32.1. The Morgan fingerprint density at radius 3 is 2.67 bits per heavy atom. The number of nitrogens with zero attached hydrogens (tertiary/aromatic N) is 1. The topological polar surface area (TPSA) is 40.9 Å². The lowest BCUT2D eigenvalue weighted by atomic mass is 9.99. The van der Waals surface area contributed by atoms with E-state index >= 15 is 0 Å². The summed E-state index contributed by atoms with van der Waals surface area (Å²) in [5.74, 6) is -0.219. The minimum Gasteiger partial charge on any atom is -0.288 e. The lowest BCUT2D eigenvalue weighted by molar-refractivity contribution is 0.103. The maximum absolute atomic E-state index is 12.2. The molecule has 2 aromatic rings. The third kappa shape index (κ3) is 2.55. The zero-order chi connectivity index (χ0) is 13.0. The second-order valence-electron chi connectivity index (χ2n) is 3.83. The van der Waals surface area contributed by atoms with Crippen LogP contribution < -0.4 is 0 Å². The molecule has 0 bridgehead atoms. The Kier molecular flexibility index (Phi) is 3.71. The van der Waals surface area contributed by atoms with E-state index in [4.69, 9.17) is 5.26 Å². The lowest BCUT2D eigenvalue weighted by Gasteiger charge is -2.02. The van der Waals surface area contributed by atoms with Crippen molar-refractivity contribution >= 4 is 23.2 Å². The van der Waals surface area contributed by atoms with Crippen LogP contribution in [-0.2, 0) is 0 Å². The summed E-state index contributed by atoms with van der Waals surface area (Å²) >= 11 is 1.50. The van der Waals surface area contributed by atoms with E-state index in [2.05, 4.69) is 0 Å². The van der Waals surface area contributed by atoms with Crippen LogP contribution in [0.25, 0.3) is 6.08 Å². The number of thiophene rings is 1. The summed E-state index contributed by atoms with van der Waals surface area (Å²) < 4.78 is 0. The van der Waals surface area contributed by atoms with Crippen LogP contribution in [0.4, 0.5) is 0 Å². The first kappa shape index (κ1) is 12.3. The monoisotopic (exact) mass is 253 g/mol. The third-order valence-corrected chi connectivity index (χ3v) is 3.40. The van der Waals surface area contributed by atoms with Crippen molar-refractivity contribution in [1.82, 2.24) is 0 Å². The molecule has 0 saturated carbocycles. The molecule has 88 valence electrons. The van der Waals surface area contributed by atoms with Gasteiger partial charge in [-0.1, -0.05) is 30.3 Å². The Hall–Kier alpha value is -2.18. The molecule has 0 aliphatic heterocycles. The Morgan fingerprint density at radius 2 is 2.06 bits per heavy atom. The molecule has 0 N–H and O–H groups in total. The number of allylic oxidation sites excluding steroid dienone is 1. The van der Waals surface area contributed by atoms with Gasteiger partial charge in [-0.2, -0.15) is 5.26 Å². The Labute approximate surface area is 110 Å². The fourth-order valence-corrected chi connectivity index (χ4v) is 2.29. The van der Waals surface area contributed by atoms with Crippen molar-refractivity contribution in [1.29, 1.82) is 5.26 Å².